The lowest BCUT2D eigenvalue weighted by Crippen LogP contribution is -1.93. The van der Waals surface area contributed by atoms with Crippen LogP contribution in [0.4, 0.5) is 0 Å². The molecule has 0 fully saturated rings. The summed E-state index contributed by atoms with van der Waals surface area (Å²) in [6, 6.07) is 0. The summed E-state index contributed by atoms with van der Waals surface area (Å²) in [5.74, 6) is 0. The van der Waals surface area contributed by atoms with Gasteiger partial charge in [-0.15, -0.1) is 0 Å². The van der Waals surface area contributed by atoms with Crippen LogP contribution in [0.5, 0.6) is 0 Å². The molecule has 2 atom stereocenters. The highest BCUT2D eigenvalue weighted by atomic mass is 32.2. The molecule has 0 radical (unpaired) electrons. The molecule has 56 valence electrons. The molecule has 2 unspecified atom stereocenters. The van der Waals surface area contributed by atoms with Crippen molar-refractivity contribution >= 4 is 20.3 Å². The molecule has 1 heterocycles. The minimum atomic E-state index is 0.753. The SMILES string of the molecule is CSC1C=CC(C)=C(C)P1. The predicted octanol–water partition coefficient (Wildman–Crippen LogP) is 3.22. The Morgan fingerprint density at radius 3 is 2.70 bits per heavy atom. The van der Waals surface area contributed by atoms with Crippen LogP contribution in [-0.2, 0) is 0 Å². The molecule has 1 aliphatic heterocycles. The molecule has 0 aliphatic carbocycles. The minimum absolute atomic E-state index is 0.753. The van der Waals surface area contributed by atoms with Crippen LogP contribution in [0.3, 0.4) is 0 Å². The molecule has 0 saturated heterocycles. The summed E-state index contributed by atoms with van der Waals surface area (Å²) in [4.78, 5) is 0.753. The standard InChI is InChI=1S/C8H13PS/c1-6-4-5-8(10-3)9-7(6)2/h4-5,8-9H,1-3H3. The molecular weight excluding hydrogens is 159 g/mol. The van der Waals surface area contributed by atoms with Crippen molar-refractivity contribution in [3.63, 3.8) is 0 Å². The van der Waals surface area contributed by atoms with Crippen LogP contribution in [0.25, 0.3) is 0 Å². The van der Waals surface area contributed by atoms with Crippen LogP contribution in [0, 0.1) is 0 Å². The number of hydrogen-bond acceptors (Lipinski definition) is 1. The van der Waals surface area contributed by atoms with Crippen molar-refractivity contribution < 1.29 is 0 Å². The first-order chi connectivity index (χ1) is 4.74. The fourth-order valence-corrected chi connectivity index (χ4v) is 3.04. The van der Waals surface area contributed by atoms with Gasteiger partial charge in [-0.2, -0.15) is 11.8 Å². The number of thioether (sulfide) groups is 1. The smallest absolute Gasteiger partial charge is 0.0436 e. The molecule has 2 heteroatoms. The third kappa shape index (κ3) is 1.87. The molecule has 0 bridgehead atoms. The zero-order valence-electron chi connectivity index (χ0n) is 6.64. The number of allylic oxidation sites excluding steroid dienone is 3. The van der Waals surface area contributed by atoms with E-state index in [9.17, 15) is 0 Å². The maximum absolute atomic E-state index is 2.31. The molecule has 0 aromatic carbocycles. The fourth-order valence-electron chi connectivity index (χ4n) is 0.870. The van der Waals surface area contributed by atoms with Crippen molar-refractivity contribution in [3.8, 4) is 0 Å². The molecule has 10 heavy (non-hydrogen) atoms. The highest BCUT2D eigenvalue weighted by Crippen LogP contribution is 2.40. The quantitative estimate of drug-likeness (QED) is 0.547. The first kappa shape index (κ1) is 8.36. The first-order valence-corrected chi connectivity index (χ1v) is 5.75. The van der Waals surface area contributed by atoms with Gasteiger partial charge in [-0.1, -0.05) is 20.7 Å². The Hall–Kier alpha value is 0.260. The van der Waals surface area contributed by atoms with E-state index >= 15 is 0 Å². The van der Waals surface area contributed by atoms with E-state index < -0.39 is 0 Å². The molecule has 0 amide bonds. The molecule has 0 aromatic heterocycles. The largest absolute Gasteiger partial charge is 0.153 e. The first-order valence-electron chi connectivity index (χ1n) is 3.39. The second-order valence-corrected chi connectivity index (χ2v) is 5.53. The molecule has 1 rings (SSSR count). The summed E-state index contributed by atoms with van der Waals surface area (Å²) in [5, 5.41) is 1.57. The lowest BCUT2D eigenvalue weighted by atomic mass is 10.2. The summed E-state index contributed by atoms with van der Waals surface area (Å²) < 4.78 is 0. The van der Waals surface area contributed by atoms with Gasteiger partial charge in [0.15, 0.2) is 0 Å². The molecule has 1 aliphatic rings. The van der Waals surface area contributed by atoms with E-state index in [1.807, 2.05) is 11.8 Å². The zero-order chi connectivity index (χ0) is 7.56. The van der Waals surface area contributed by atoms with E-state index in [1.54, 1.807) is 5.31 Å². The van der Waals surface area contributed by atoms with Crippen molar-refractivity contribution in [2.24, 2.45) is 0 Å². The van der Waals surface area contributed by atoms with Gasteiger partial charge in [0, 0.05) is 4.99 Å². The Balaban J connectivity index is 2.65. The van der Waals surface area contributed by atoms with E-state index in [0.717, 1.165) is 13.6 Å². The van der Waals surface area contributed by atoms with E-state index in [1.165, 1.54) is 5.57 Å². The predicted molar refractivity (Wildman–Crippen MR) is 53.1 cm³/mol. The third-order valence-electron chi connectivity index (χ3n) is 1.73. The number of rotatable bonds is 1. The van der Waals surface area contributed by atoms with Crippen molar-refractivity contribution in [1.82, 2.24) is 0 Å². The Kier molecular flexibility index (Phi) is 3.00. The molecule has 0 nitrogen and oxygen atoms in total. The second kappa shape index (κ2) is 3.59. The van der Waals surface area contributed by atoms with Gasteiger partial charge in [-0.05, 0) is 31.0 Å². The Morgan fingerprint density at radius 1 is 1.50 bits per heavy atom. The van der Waals surface area contributed by atoms with Crippen molar-refractivity contribution in [2.45, 2.75) is 18.8 Å². The summed E-state index contributed by atoms with van der Waals surface area (Å²) in [6.45, 7) is 4.43. The number of hydrogen-bond donors (Lipinski definition) is 0. The van der Waals surface area contributed by atoms with Gasteiger partial charge in [0.25, 0.3) is 0 Å². The summed E-state index contributed by atoms with van der Waals surface area (Å²) in [6.07, 6.45) is 6.73. The van der Waals surface area contributed by atoms with Gasteiger partial charge in [0.05, 0.1) is 0 Å². The average molecular weight is 172 g/mol. The molecule has 0 saturated carbocycles. The Bertz CT molecular complexity index is 182. The van der Waals surface area contributed by atoms with Gasteiger partial charge in [0.1, 0.15) is 0 Å². The van der Waals surface area contributed by atoms with Gasteiger partial charge >= 0.3 is 0 Å². The zero-order valence-corrected chi connectivity index (χ0v) is 8.46. The van der Waals surface area contributed by atoms with Crippen molar-refractivity contribution in [1.29, 1.82) is 0 Å². The topological polar surface area (TPSA) is 0 Å². The van der Waals surface area contributed by atoms with Gasteiger partial charge < -0.3 is 0 Å². The third-order valence-corrected chi connectivity index (χ3v) is 4.76. The fraction of sp³-hybridized carbons (Fsp3) is 0.500. The van der Waals surface area contributed by atoms with E-state index in [-0.39, 0.29) is 0 Å². The summed E-state index contributed by atoms with van der Waals surface area (Å²) in [5.41, 5.74) is 1.46. The van der Waals surface area contributed by atoms with Gasteiger partial charge in [0.2, 0.25) is 0 Å². The lowest BCUT2D eigenvalue weighted by molar-refractivity contribution is 1.39. The Morgan fingerprint density at radius 2 is 2.20 bits per heavy atom. The molecule has 0 N–H and O–H groups in total. The van der Waals surface area contributed by atoms with Crippen LogP contribution in [0.2, 0.25) is 0 Å². The van der Waals surface area contributed by atoms with E-state index in [4.69, 9.17) is 0 Å². The summed E-state index contributed by atoms with van der Waals surface area (Å²) in [7, 11) is 1.00. The van der Waals surface area contributed by atoms with Crippen LogP contribution in [0.15, 0.2) is 23.0 Å². The minimum Gasteiger partial charge on any atom is -0.153 e. The van der Waals surface area contributed by atoms with Crippen LogP contribution >= 0.6 is 20.3 Å². The average Bonchev–Trinajstić information content (AvgIpc) is 1.95. The van der Waals surface area contributed by atoms with Crippen molar-refractivity contribution in [2.75, 3.05) is 6.26 Å². The maximum atomic E-state index is 2.31. The van der Waals surface area contributed by atoms with Crippen LogP contribution < -0.4 is 0 Å². The molecule has 0 aromatic rings. The summed E-state index contributed by atoms with van der Waals surface area (Å²) >= 11 is 1.94. The van der Waals surface area contributed by atoms with E-state index in [2.05, 4.69) is 32.3 Å². The van der Waals surface area contributed by atoms with E-state index in [0.29, 0.717) is 0 Å². The van der Waals surface area contributed by atoms with Crippen LogP contribution in [0.1, 0.15) is 13.8 Å². The highest BCUT2D eigenvalue weighted by molar-refractivity contribution is 8.04. The highest BCUT2D eigenvalue weighted by Gasteiger charge is 2.08. The van der Waals surface area contributed by atoms with Gasteiger partial charge in [-0.25, -0.2) is 0 Å². The Labute approximate surface area is 68.9 Å². The van der Waals surface area contributed by atoms with Crippen LogP contribution in [-0.4, -0.2) is 11.2 Å². The molecular formula is C8H13PS. The second-order valence-electron chi connectivity index (χ2n) is 2.47. The molecule has 0 spiro atoms. The van der Waals surface area contributed by atoms with Gasteiger partial charge in [-0.3, -0.25) is 0 Å². The van der Waals surface area contributed by atoms with Crippen molar-refractivity contribution in [3.05, 3.63) is 23.0 Å². The lowest BCUT2D eigenvalue weighted by Gasteiger charge is -2.16. The normalized spacial score (nSPS) is 28.1. The maximum Gasteiger partial charge on any atom is 0.0436 e. The monoisotopic (exact) mass is 172 g/mol.